The quantitative estimate of drug-likeness (QED) is 0.679. The van der Waals surface area contributed by atoms with Gasteiger partial charge in [-0.15, -0.1) is 0 Å². The highest BCUT2D eigenvalue weighted by Crippen LogP contribution is 2.16. The third-order valence-electron chi connectivity index (χ3n) is 3.04. The number of piperidine rings is 1. The van der Waals surface area contributed by atoms with E-state index in [2.05, 4.69) is 5.32 Å². The van der Waals surface area contributed by atoms with Gasteiger partial charge in [-0.25, -0.2) is 4.79 Å². The second-order valence-corrected chi connectivity index (χ2v) is 4.47. The van der Waals surface area contributed by atoms with Crippen LogP contribution in [0, 0.1) is 5.92 Å². The third kappa shape index (κ3) is 5.15. The van der Waals surface area contributed by atoms with Gasteiger partial charge in [0.15, 0.2) is 0 Å². The Morgan fingerprint density at radius 3 is 2.79 bits per heavy atom. The van der Waals surface area contributed by atoms with Crippen molar-refractivity contribution in [2.45, 2.75) is 26.2 Å². The molecular formula is C12H21N3O4. The largest absolute Gasteiger partial charge is 0.466 e. The maximum atomic E-state index is 11.9. The Kier molecular flexibility index (Phi) is 6.11. The van der Waals surface area contributed by atoms with Crippen LogP contribution in [0.1, 0.15) is 26.2 Å². The number of amides is 3. The normalized spacial score (nSPS) is 18.8. The van der Waals surface area contributed by atoms with Crippen molar-refractivity contribution in [3.63, 3.8) is 0 Å². The minimum atomic E-state index is -0.496. The third-order valence-corrected chi connectivity index (χ3v) is 3.04. The summed E-state index contributed by atoms with van der Waals surface area (Å²) in [5.74, 6) is -0.719. The van der Waals surface area contributed by atoms with E-state index in [-0.39, 0.29) is 30.8 Å². The zero-order valence-electron chi connectivity index (χ0n) is 11.2. The lowest BCUT2D eigenvalue weighted by Crippen LogP contribution is -2.47. The van der Waals surface area contributed by atoms with Gasteiger partial charge in [0, 0.05) is 19.6 Å². The van der Waals surface area contributed by atoms with Gasteiger partial charge in [-0.05, 0) is 19.8 Å². The van der Waals surface area contributed by atoms with Gasteiger partial charge >= 0.3 is 12.0 Å². The summed E-state index contributed by atoms with van der Waals surface area (Å²) in [6.45, 7) is 3.27. The molecule has 1 aliphatic rings. The monoisotopic (exact) mass is 271 g/mol. The van der Waals surface area contributed by atoms with Gasteiger partial charge in [-0.3, -0.25) is 9.59 Å². The maximum Gasteiger partial charge on any atom is 0.314 e. The Bertz CT molecular complexity index is 346. The number of carbonyl (C=O) groups is 3. The Morgan fingerprint density at radius 1 is 1.42 bits per heavy atom. The van der Waals surface area contributed by atoms with Crippen molar-refractivity contribution in [3.05, 3.63) is 0 Å². The zero-order valence-corrected chi connectivity index (χ0v) is 11.2. The molecule has 0 bridgehead atoms. The summed E-state index contributed by atoms with van der Waals surface area (Å²) in [5.41, 5.74) is 5.20. The minimum Gasteiger partial charge on any atom is -0.466 e. The van der Waals surface area contributed by atoms with E-state index in [4.69, 9.17) is 10.5 Å². The van der Waals surface area contributed by atoms with Gasteiger partial charge < -0.3 is 20.7 Å². The van der Waals surface area contributed by atoms with Crippen LogP contribution in [0.25, 0.3) is 0 Å². The van der Waals surface area contributed by atoms with E-state index in [9.17, 15) is 14.4 Å². The number of nitrogens with zero attached hydrogens (tertiary/aromatic N) is 1. The van der Waals surface area contributed by atoms with Crippen LogP contribution < -0.4 is 11.1 Å². The van der Waals surface area contributed by atoms with Crippen LogP contribution in [-0.2, 0) is 14.3 Å². The van der Waals surface area contributed by atoms with Gasteiger partial charge in [0.1, 0.15) is 0 Å². The van der Waals surface area contributed by atoms with Crippen molar-refractivity contribution in [1.29, 1.82) is 0 Å². The summed E-state index contributed by atoms with van der Waals surface area (Å²) in [7, 11) is 0. The molecule has 7 nitrogen and oxygen atoms in total. The maximum absolute atomic E-state index is 11.9. The van der Waals surface area contributed by atoms with Gasteiger partial charge in [0.2, 0.25) is 5.91 Å². The number of likely N-dealkylation sites (tertiary alicyclic amines) is 1. The molecule has 0 radical (unpaired) electrons. The molecule has 1 unspecified atom stereocenters. The van der Waals surface area contributed by atoms with Crippen molar-refractivity contribution in [2.75, 3.05) is 26.2 Å². The number of hydrogen-bond donors (Lipinski definition) is 2. The standard InChI is InChI=1S/C12H21N3O4/c1-2-19-10(16)5-6-14-11(17)9-4-3-7-15(8-9)12(13)18/h9H,2-8H2,1H3,(H2,13,18)(H,14,17). The lowest BCUT2D eigenvalue weighted by atomic mass is 9.97. The molecule has 1 rings (SSSR count). The van der Waals surface area contributed by atoms with E-state index in [0.717, 1.165) is 12.8 Å². The molecule has 1 heterocycles. The van der Waals surface area contributed by atoms with E-state index in [1.54, 1.807) is 6.92 Å². The highest BCUT2D eigenvalue weighted by atomic mass is 16.5. The SMILES string of the molecule is CCOC(=O)CCNC(=O)C1CCCN(C(N)=O)C1. The molecule has 0 aromatic rings. The first kappa shape index (κ1) is 15.3. The second-order valence-electron chi connectivity index (χ2n) is 4.47. The molecule has 3 amide bonds. The highest BCUT2D eigenvalue weighted by Gasteiger charge is 2.27. The molecule has 3 N–H and O–H groups in total. The number of nitrogens with two attached hydrogens (primary N) is 1. The molecule has 108 valence electrons. The highest BCUT2D eigenvalue weighted by molar-refractivity contribution is 5.81. The molecule has 1 saturated heterocycles. The van der Waals surface area contributed by atoms with Crippen LogP contribution in [0.3, 0.4) is 0 Å². The fourth-order valence-electron chi connectivity index (χ4n) is 2.06. The van der Waals surface area contributed by atoms with E-state index in [1.807, 2.05) is 0 Å². The summed E-state index contributed by atoms with van der Waals surface area (Å²) in [6.07, 6.45) is 1.65. The molecule has 0 spiro atoms. The van der Waals surface area contributed by atoms with Crippen LogP contribution >= 0.6 is 0 Å². The number of nitrogens with one attached hydrogen (secondary N) is 1. The van der Waals surface area contributed by atoms with Crippen LogP contribution in [0.15, 0.2) is 0 Å². The first-order valence-electron chi connectivity index (χ1n) is 6.52. The molecule has 0 aromatic carbocycles. The van der Waals surface area contributed by atoms with Crippen molar-refractivity contribution >= 4 is 17.9 Å². The summed E-state index contributed by atoms with van der Waals surface area (Å²) in [5, 5.41) is 2.68. The number of carbonyl (C=O) groups excluding carboxylic acids is 3. The zero-order chi connectivity index (χ0) is 14.3. The van der Waals surface area contributed by atoms with Gasteiger partial charge in [-0.2, -0.15) is 0 Å². The van der Waals surface area contributed by atoms with Crippen LogP contribution in [0.5, 0.6) is 0 Å². The van der Waals surface area contributed by atoms with Crippen molar-refractivity contribution < 1.29 is 19.1 Å². The smallest absolute Gasteiger partial charge is 0.314 e. The lowest BCUT2D eigenvalue weighted by Gasteiger charge is -2.30. The average molecular weight is 271 g/mol. The van der Waals surface area contributed by atoms with Crippen molar-refractivity contribution in [3.8, 4) is 0 Å². The Morgan fingerprint density at radius 2 is 2.16 bits per heavy atom. The predicted octanol–water partition coefficient (Wildman–Crippen LogP) is -0.153. The fourth-order valence-corrected chi connectivity index (χ4v) is 2.06. The number of primary amides is 1. The number of rotatable bonds is 5. The second kappa shape index (κ2) is 7.60. The predicted molar refractivity (Wildman–Crippen MR) is 68.1 cm³/mol. The molecule has 1 fully saturated rings. The Labute approximate surface area is 112 Å². The Hall–Kier alpha value is -1.79. The summed E-state index contributed by atoms with van der Waals surface area (Å²) in [4.78, 5) is 35.5. The van der Waals surface area contributed by atoms with Crippen LogP contribution in [0.4, 0.5) is 4.79 Å². The van der Waals surface area contributed by atoms with Gasteiger partial charge in [0.05, 0.1) is 18.9 Å². The fraction of sp³-hybridized carbons (Fsp3) is 0.750. The van der Waals surface area contributed by atoms with Gasteiger partial charge in [-0.1, -0.05) is 0 Å². The molecule has 7 heteroatoms. The summed E-state index contributed by atoms with van der Waals surface area (Å²) in [6, 6.07) is -0.496. The number of urea groups is 1. The topological polar surface area (TPSA) is 102 Å². The molecule has 19 heavy (non-hydrogen) atoms. The van der Waals surface area contributed by atoms with Crippen LogP contribution in [-0.4, -0.2) is 49.0 Å². The molecule has 0 saturated carbocycles. The number of ether oxygens (including phenoxy) is 1. The van der Waals surface area contributed by atoms with Gasteiger partial charge in [0.25, 0.3) is 0 Å². The van der Waals surface area contributed by atoms with E-state index in [1.165, 1.54) is 4.90 Å². The van der Waals surface area contributed by atoms with E-state index in [0.29, 0.717) is 19.7 Å². The van der Waals surface area contributed by atoms with E-state index < -0.39 is 6.03 Å². The van der Waals surface area contributed by atoms with Crippen molar-refractivity contribution in [1.82, 2.24) is 10.2 Å². The number of esters is 1. The molecule has 1 aliphatic heterocycles. The first-order chi connectivity index (χ1) is 9.04. The van der Waals surface area contributed by atoms with Crippen LogP contribution in [0.2, 0.25) is 0 Å². The molecule has 0 aromatic heterocycles. The molecule has 0 aliphatic carbocycles. The van der Waals surface area contributed by atoms with E-state index >= 15 is 0 Å². The summed E-state index contributed by atoms with van der Waals surface area (Å²) >= 11 is 0. The molecular weight excluding hydrogens is 250 g/mol. The summed E-state index contributed by atoms with van der Waals surface area (Å²) < 4.78 is 4.76. The first-order valence-corrected chi connectivity index (χ1v) is 6.52. The average Bonchev–Trinajstić information content (AvgIpc) is 2.39. The number of hydrogen-bond acceptors (Lipinski definition) is 4. The Balaban J connectivity index is 2.29. The minimum absolute atomic E-state index is 0.143. The molecule has 1 atom stereocenters. The van der Waals surface area contributed by atoms with Crippen molar-refractivity contribution in [2.24, 2.45) is 11.7 Å². The lowest BCUT2D eigenvalue weighted by molar-refractivity contribution is -0.143.